The number of carboxylic acid groups (broad SMARTS) is 1. The van der Waals surface area contributed by atoms with Crippen LogP contribution in [0, 0.1) is 0 Å². The second kappa shape index (κ2) is 11.2. The van der Waals surface area contributed by atoms with E-state index < -0.39 is 5.97 Å². The third-order valence-electron chi connectivity index (χ3n) is 5.67. The number of hydrogen-bond acceptors (Lipinski definition) is 4. The lowest BCUT2D eigenvalue weighted by Gasteiger charge is -2.15. The van der Waals surface area contributed by atoms with Crippen LogP contribution in [-0.4, -0.2) is 24.8 Å². The molecular formula is C29H28O5. The number of benzene rings is 4. The standard InChI is InChI=1S/C29H28O5/c1-32-26-8-4-5-9-27(26)34-20-22-11-13-24(14-15-29(30)31)28(19-22)33-17-16-21-10-12-23-6-2-3-7-25(23)18-21/h2-13,18-19H,14-17,20H2,1H3,(H,30,31). The highest BCUT2D eigenvalue weighted by molar-refractivity contribution is 5.83. The van der Waals surface area contributed by atoms with Gasteiger partial charge in [0.15, 0.2) is 11.5 Å². The Hall–Kier alpha value is -3.99. The van der Waals surface area contributed by atoms with Gasteiger partial charge in [-0.2, -0.15) is 0 Å². The van der Waals surface area contributed by atoms with Gasteiger partial charge in [-0.25, -0.2) is 0 Å². The van der Waals surface area contributed by atoms with Gasteiger partial charge in [-0.15, -0.1) is 0 Å². The molecule has 0 aromatic heterocycles. The molecule has 0 spiro atoms. The molecule has 1 N–H and O–H groups in total. The minimum atomic E-state index is -0.828. The first kappa shape index (κ1) is 23.2. The average Bonchev–Trinajstić information content (AvgIpc) is 2.87. The molecule has 0 bridgehead atoms. The summed E-state index contributed by atoms with van der Waals surface area (Å²) in [6, 6.07) is 28.0. The molecule has 4 aromatic rings. The summed E-state index contributed by atoms with van der Waals surface area (Å²) in [7, 11) is 1.61. The van der Waals surface area contributed by atoms with E-state index in [-0.39, 0.29) is 6.42 Å². The molecule has 0 heterocycles. The van der Waals surface area contributed by atoms with Crippen LogP contribution in [0.15, 0.2) is 84.9 Å². The molecule has 0 unspecified atom stereocenters. The molecule has 5 nitrogen and oxygen atoms in total. The Balaban J connectivity index is 1.45. The molecule has 34 heavy (non-hydrogen) atoms. The summed E-state index contributed by atoms with van der Waals surface area (Å²) in [6.45, 7) is 0.843. The van der Waals surface area contributed by atoms with Gasteiger partial charge in [0.05, 0.1) is 13.7 Å². The van der Waals surface area contributed by atoms with Gasteiger partial charge in [0.25, 0.3) is 0 Å². The summed E-state index contributed by atoms with van der Waals surface area (Å²) in [6.07, 6.45) is 1.22. The maximum absolute atomic E-state index is 11.1. The van der Waals surface area contributed by atoms with Gasteiger partial charge in [0.1, 0.15) is 12.4 Å². The zero-order valence-electron chi connectivity index (χ0n) is 19.2. The Morgan fingerprint density at radius 2 is 1.47 bits per heavy atom. The number of ether oxygens (including phenoxy) is 3. The minimum Gasteiger partial charge on any atom is -0.493 e. The number of aryl methyl sites for hydroxylation is 1. The van der Waals surface area contributed by atoms with Crippen molar-refractivity contribution < 1.29 is 24.1 Å². The number of rotatable bonds is 11. The number of para-hydroxylation sites is 2. The van der Waals surface area contributed by atoms with Gasteiger partial charge in [-0.1, -0.05) is 66.7 Å². The van der Waals surface area contributed by atoms with Crippen LogP contribution in [-0.2, 0) is 24.2 Å². The van der Waals surface area contributed by atoms with Crippen LogP contribution in [0.4, 0.5) is 0 Å². The van der Waals surface area contributed by atoms with Gasteiger partial charge in [0.2, 0.25) is 0 Å². The normalized spacial score (nSPS) is 10.7. The van der Waals surface area contributed by atoms with Gasteiger partial charge in [-0.3, -0.25) is 4.79 Å². The molecule has 0 amide bonds. The molecule has 0 aliphatic carbocycles. The second-order valence-electron chi connectivity index (χ2n) is 8.06. The second-order valence-corrected chi connectivity index (χ2v) is 8.06. The van der Waals surface area contributed by atoms with Crippen molar-refractivity contribution in [3.63, 3.8) is 0 Å². The third kappa shape index (κ3) is 6.07. The predicted molar refractivity (Wildman–Crippen MR) is 133 cm³/mol. The lowest BCUT2D eigenvalue weighted by atomic mass is 10.0. The molecular weight excluding hydrogens is 428 g/mol. The smallest absolute Gasteiger partial charge is 0.303 e. The highest BCUT2D eigenvalue weighted by Crippen LogP contribution is 2.28. The number of hydrogen-bond donors (Lipinski definition) is 1. The molecule has 0 saturated carbocycles. The van der Waals surface area contributed by atoms with E-state index in [1.165, 1.54) is 16.3 Å². The molecule has 174 valence electrons. The maximum Gasteiger partial charge on any atom is 0.303 e. The number of carbonyl (C=O) groups is 1. The van der Waals surface area contributed by atoms with Crippen molar-refractivity contribution in [1.29, 1.82) is 0 Å². The van der Waals surface area contributed by atoms with Gasteiger partial charge in [-0.05, 0) is 52.1 Å². The molecule has 0 saturated heterocycles. The van der Waals surface area contributed by atoms with E-state index in [0.717, 1.165) is 17.5 Å². The number of fused-ring (bicyclic) bond motifs is 1. The Morgan fingerprint density at radius 1 is 0.735 bits per heavy atom. The van der Waals surface area contributed by atoms with E-state index in [0.29, 0.717) is 36.9 Å². The van der Waals surface area contributed by atoms with E-state index in [9.17, 15) is 4.79 Å². The molecule has 4 aromatic carbocycles. The van der Waals surface area contributed by atoms with Gasteiger partial charge >= 0.3 is 5.97 Å². The van der Waals surface area contributed by atoms with Crippen molar-refractivity contribution in [2.75, 3.05) is 13.7 Å². The largest absolute Gasteiger partial charge is 0.493 e. The SMILES string of the molecule is COc1ccccc1OCc1ccc(CCC(=O)O)c(OCCc2ccc3ccccc3c2)c1. The van der Waals surface area contributed by atoms with Crippen molar-refractivity contribution >= 4 is 16.7 Å². The zero-order chi connectivity index (χ0) is 23.8. The van der Waals surface area contributed by atoms with Crippen LogP contribution in [0.3, 0.4) is 0 Å². The van der Waals surface area contributed by atoms with Crippen LogP contribution < -0.4 is 14.2 Å². The number of carboxylic acids is 1. The fraction of sp³-hybridized carbons (Fsp3) is 0.207. The first-order valence-electron chi connectivity index (χ1n) is 11.3. The Labute approximate surface area is 199 Å². The highest BCUT2D eigenvalue weighted by Gasteiger charge is 2.10. The fourth-order valence-electron chi connectivity index (χ4n) is 3.84. The van der Waals surface area contributed by atoms with Crippen LogP contribution in [0.1, 0.15) is 23.1 Å². The monoisotopic (exact) mass is 456 g/mol. The molecule has 0 aliphatic rings. The molecule has 0 fully saturated rings. The Bertz CT molecular complexity index is 1260. The fourth-order valence-corrected chi connectivity index (χ4v) is 3.84. The van der Waals surface area contributed by atoms with Crippen LogP contribution in [0.5, 0.6) is 17.2 Å². The van der Waals surface area contributed by atoms with Crippen molar-refractivity contribution in [2.24, 2.45) is 0 Å². The summed E-state index contributed by atoms with van der Waals surface area (Å²) in [4.78, 5) is 11.1. The topological polar surface area (TPSA) is 65.0 Å². The van der Waals surface area contributed by atoms with Crippen LogP contribution >= 0.6 is 0 Å². The highest BCUT2D eigenvalue weighted by atomic mass is 16.5. The maximum atomic E-state index is 11.1. The van der Waals surface area contributed by atoms with E-state index in [2.05, 4.69) is 30.3 Å². The zero-order valence-corrected chi connectivity index (χ0v) is 19.2. The quantitative estimate of drug-likeness (QED) is 0.297. The van der Waals surface area contributed by atoms with Crippen molar-refractivity contribution in [3.8, 4) is 17.2 Å². The van der Waals surface area contributed by atoms with Crippen molar-refractivity contribution in [1.82, 2.24) is 0 Å². The first-order chi connectivity index (χ1) is 16.6. The van der Waals surface area contributed by atoms with Crippen molar-refractivity contribution in [2.45, 2.75) is 25.9 Å². The third-order valence-corrected chi connectivity index (χ3v) is 5.67. The Kier molecular flexibility index (Phi) is 7.66. The summed E-state index contributed by atoms with van der Waals surface area (Å²) >= 11 is 0. The van der Waals surface area contributed by atoms with Crippen molar-refractivity contribution in [3.05, 3.63) is 102 Å². The molecule has 5 heteroatoms. The molecule has 0 radical (unpaired) electrons. The summed E-state index contributed by atoms with van der Waals surface area (Å²) in [5.74, 6) is 1.21. The minimum absolute atomic E-state index is 0.0537. The molecule has 0 aliphatic heterocycles. The summed E-state index contributed by atoms with van der Waals surface area (Å²) in [5.41, 5.74) is 3.01. The Morgan fingerprint density at radius 3 is 2.26 bits per heavy atom. The number of methoxy groups -OCH3 is 1. The molecule has 4 rings (SSSR count). The van der Waals surface area contributed by atoms with E-state index in [1.807, 2.05) is 54.6 Å². The van der Waals surface area contributed by atoms with E-state index in [1.54, 1.807) is 7.11 Å². The van der Waals surface area contributed by atoms with Gasteiger partial charge in [0, 0.05) is 12.8 Å². The molecule has 0 atom stereocenters. The lowest BCUT2D eigenvalue weighted by Crippen LogP contribution is -2.06. The number of aliphatic carboxylic acids is 1. The summed E-state index contributed by atoms with van der Waals surface area (Å²) in [5, 5.41) is 11.5. The van der Waals surface area contributed by atoms with Gasteiger partial charge < -0.3 is 19.3 Å². The van der Waals surface area contributed by atoms with E-state index >= 15 is 0 Å². The van der Waals surface area contributed by atoms with E-state index in [4.69, 9.17) is 19.3 Å². The van der Waals surface area contributed by atoms with Crippen LogP contribution in [0.25, 0.3) is 10.8 Å². The predicted octanol–water partition coefficient (Wildman–Crippen LogP) is 6.07. The van der Waals surface area contributed by atoms with Crippen LogP contribution in [0.2, 0.25) is 0 Å². The average molecular weight is 457 g/mol. The first-order valence-corrected chi connectivity index (χ1v) is 11.3. The lowest BCUT2D eigenvalue weighted by molar-refractivity contribution is -0.136. The summed E-state index contributed by atoms with van der Waals surface area (Å²) < 4.78 is 17.4.